The van der Waals surface area contributed by atoms with Gasteiger partial charge in [-0.05, 0) is 60.2 Å². The Hall–Kier alpha value is -3.84. The number of benzene rings is 3. The maximum Gasteiger partial charge on any atom is 0.306 e. The molecule has 0 unspecified atom stereocenters. The molecule has 0 aromatic heterocycles. The zero-order valence-electron chi connectivity index (χ0n) is 22.1. The normalized spacial score (nSPS) is 11.1. The van der Waals surface area contributed by atoms with Crippen molar-refractivity contribution >= 4 is 11.9 Å². The molecular weight excluding hydrogens is 484 g/mol. The monoisotopic (exact) mass is 520 g/mol. The van der Waals surface area contributed by atoms with Gasteiger partial charge in [-0.25, -0.2) is 0 Å². The van der Waals surface area contributed by atoms with E-state index in [4.69, 9.17) is 24.1 Å². The number of hydrogen-bond acceptors (Lipinski definition) is 6. The second-order valence-corrected chi connectivity index (χ2v) is 8.88. The third-order valence-corrected chi connectivity index (χ3v) is 6.34. The van der Waals surface area contributed by atoms with Crippen LogP contribution in [0.2, 0.25) is 0 Å². The van der Waals surface area contributed by atoms with Gasteiger partial charge in [0.05, 0.1) is 33.7 Å². The second kappa shape index (κ2) is 14.8. The van der Waals surface area contributed by atoms with Gasteiger partial charge < -0.3 is 24.1 Å². The molecule has 3 aromatic rings. The Morgan fingerprint density at radius 3 is 1.66 bits per heavy atom. The number of methoxy groups -OCH3 is 2. The van der Waals surface area contributed by atoms with Crippen LogP contribution in [-0.2, 0) is 24.7 Å². The fourth-order valence-corrected chi connectivity index (χ4v) is 4.32. The predicted molar refractivity (Wildman–Crippen MR) is 145 cm³/mol. The van der Waals surface area contributed by atoms with E-state index in [0.29, 0.717) is 13.2 Å². The fraction of sp³-hybridized carbons (Fsp3) is 0.355. The van der Waals surface area contributed by atoms with Crippen LogP contribution in [0.4, 0.5) is 0 Å². The predicted octanol–water partition coefficient (Wildman–Crippen LogP) is 5.98. The van der Waals surface area contributed by atoms with Crippen molar-refractivity contribution in [2.24, 2.45) is 0 Å². The Morgan fingerprint density at radius 1 is 0.658 bits per heavy atom. The number of carboxylic acid groups (broad SMARTS) is 1. The largest absolute Gasteiger partial charge is 0.497 e. The first-order chi connectivity index (χ1) is 18.5. The van der Waals surface area contributed by atoms with Crippen molar-refractivity contribution in [3.63, 3.8) is 0 Å². The van der Waals surface area contributed by atoms with Crippen LogP contribution in [0.15, 0.2) is 78.9 Å². The molecule has 7 nitrogen and oxygen atoms in total. The second-order valence-electron chi connectivity index (χ2n) is 8.88. The average molecular weight is 521 g/mol. The summed E-state index contributed by atoms with van der Waals surface area (Å²) >= 11 is 0. The minimum Gasteiger partial charge on any atom is -0.497 e. The molecule has 0 atom stereocenters. The molecule has 0 bridgehead atoms. The van der Waals surface area contributed by atoms with Crippen molar-refractivity contribution in [1.29, 1.82) is 0 Å². The number of carbonyl (C=O) groups is 2. The third-order valence-electron chi connectivity index (χ3n) is 6.34. The summed E-state index contributed by atoms with van der Waals surface area (Å²) in [6, 6.07) is 26.1. The van der Waals surface area contributed by atoms with E-state index in [-0.39, 0.29) is 12.8 Å². The lowest BCUT2D eigenvalue weighted by Crippen LogP contribution is -2.33. The lowest BCUT2D eigenvalue weighted by molar-refractivity contribution is -0.147. The summed E-state index contributed by atoms with van der Waals surface area (Å²) in [5, 5.41) is 8.65. The molecule has 3 rings (SSSR count). The number of carbonyl (C=O) groups excluding carboxylic acids is 1. The number of rotatable bonds is 16. The van der Waals surface area contributed by atoms with Crippen LogP contribution >= 0.6 is 0 Å². The molecule has 0 aliphatic carbocycles. The Morgan fingerprint density at radius 2 is 1.16 bits per heavy atom. The molecule has 0 aliphatic rings. The van der Waals surface area contributed by atoms with Crippen LogP contribution in [0, 0.1) is 0 Å². The Kier molecular flexibility index (Phi) is 11.2. The van der Waals surface area contributed by atoms with E-state index in [1.54, 1.807) is 14.2 Å². The highest BCUT2D eigenvalue weighted by molar-refractivity contribution is 5.76. The molecule has 0 amide bonds. The number of unbranched alkanes of at least 4 members (excludes halogenated alkanes) is 3. The highest BCUT2D eigenvalue weighted by Gasteiger charge is 2.37. The first-order valence-electron chi connectivity index (χ1n) is 12.9. The van der Waals surface area contributed by atoms with Crippen molar-refractivity contribution in [2.45, 2.75) is 44.1 Å². The zero-order valence-corrected chi connectivity index (χ0v) is 22.1. The van der Waals surface area contributed by atoms with Gasteiger partial charge in [-0.15, -0.1) is 0 Å². The van der Waals surface area contributed by atoms with Gasteiger partial charge in [0.1, 0.15) is 17.1 Å². The average Bonchev–Trinajstić information content (AvgIpc) is 2.96. The quantitative estimate of drug-likeness (QED) is 0.141. The molecule has 3 aromatic carbocycles. The summed E-state index contributed by atoms with van der Waals surface area (Å²) in [5.41, 5.74) is 2.16. The first kappa shape index (κ1) is 28.7. The van der Waals surface area contributed by atoms with Crippen molar-refractivity contribution in [1.82, 2.24) is 0 Å². The summed E-state index contributed by atoms with van der Waals surface area (Å²) in [4.78, 5) is 22.1. The molecule has 1 N–H and O–H groups in total. The summed E-state index contributed by atoms with van der Waals surface area (Å²) < 4.78 is 22.7. The minimum atomic E-state index is -1.00. The topological polar surface area (TPSA) is 91.3 Å². The number of esters is 1. The fourth-order valence-electron chi connectivity index (χ4n) is 4.32. The van der Waals surface area contributed by atoms with Crippen molar-refractivity contribution in [3.05, 3.63) is 95.6 Å². The van der Waals surface area contributed by atoms with Crippen LogP contribution in [0.1, 0.15) is 55.2 Å². The van der Waals surface area contributed by atoms with Crippen LogP contribution in [-0.4, -0.2) is 44.5 Å². The molecule has 38 heavy (non-hydrogen) atoms. The van der Waals surface area contributed by atoms with E-state index in [0.717, 1.165) is 53.9 Å². The molecule has 202 valence electrons. The first-order valence-corrected chi connectivity index (χ1v) is 12.9. The van der Waals surface area contributed by atoms with Gasteiger partial charge in [-0.1, -0.05) is 61.0 Å². The number of hydrogen-bond donors (Lipinski definition) is 1. The molecule has 7 heteroatoms. The van der Waals surface area contributed by atoms with Gasteiger partial charge >= 0.3 is 11.9 Å². The Balaban J connectivity index is 1.71. The maximum absolute atomic E-state index is 11.6. The van der Waals surface area contributed by atoms with Gasteiger partial charge in [0.2, 0.25) is 0 Å². The molecule has 0 heterocycles. The molecule has 0 spiro atoms. The van der Waals surface area contributed by atoms with Gasteiger partial charge in [0.25, 0.3) is 0 Å². The highest BCUT2D eigenvalue weighted by atomic mass is 16.5. The number of aliphatic carboxylic acids is 1. The van der Waals surface area contributed by atoms with Crippen LogP contribution in [0.5, 0.6) is 11.5 Å². The molecule has 0 saturated heterocycles. The standard InChI is InChI=1S/C31H36O7/c1-35-27-16-12-25(13-17-27)31(24-10-6-5-7-11-24,26-14-18-28(36-2)19-15-26)38-23-9-4-3-8-22-37-30(34)21-20-29(32)33/h5-7,10-19H,3-4,8-9,20-23H2,1-2H3,(H,32,33). The van der Waals surface area contributed by atoms with E-state index in [2.05, 4.69) is 12.1 Å². The van der Waals surface area contributed by atoms with Crippen molar-refractivity contribution in [2.75, 3.05) is 27.4 Å². The van der Waals surface area contributed by atoms with E-state index < -0.39 is 17.5 Å². The number of carboxylic acids is 1. The Labute approximate surface area is 224 Å². The van der Waals surface area contributed by atoms with Crippen molar-refractivity contribution < 1.29 is 33.6 Å². The molecular formula is C31H36O7. The maximum atomic E-state index is 11.6. The molecule has 0 aliphatic heterocycles. The number of ether oxygens (including phenoxy) is 4. The summed E-state index contributed by atoms with van der Waals surface area (Å²) in [6.45, 7) is 0.816. The lowest BCUT2D eigenvalue weighted by atomic mass is 9.80. The van der Waals surface area contributed by atoms with Crippen LogP contribution in [0.25, 0.3) is 0 Å². The molecule has 0 radical (unpaired) electrons. The molecule has 0 saturated carbocycles. The summed E-state index contributed by atoms with van der Waals surface area (Å²) in [6.07, 6.45) is 3.03. The van der Waals surface area contributed by atoms with E-state index in [1.807, 2.05) is 66.7 Å². The summed E-state index contributed by atoms with van der Waals surface area (Å²) in [7, 11) is 3.30. The van der Waals surface area contributed by atoms with E-state index in [1.165, 1.54) is 0 Å². The van der Waals surface area contributed by atoms with Crippen molar-refractivity contribution in [3.8, 4) is 11.5 Å². The minimum absolute atomic E-state index is 0.0958. The van der Waals surface area contributed by atoms with Gasteiger partial charge in [0.15, 0.2) is 0 Å². The zero-order chi connectivity index (χ0) is 27.2. The SMILES string of the molecule is COc1ccc(C(OCCCCCCOC(=O)CCC(=O)O)(c2ccccc2)c2ccc(OC)cc2)cc1. The van der Waals surface area contributed by atoms with E-state index >= 15 is 0 Å². The van der Waals surface area contributed by atoms with Gasteiger partial charge in [0, 0.05) is 6.61 Å². The summed E-state index contributed by atoms with van der Waals surface area (Å²) in [5.74, 6) is 0.0726. The third kappa shape index (κ3) is 7.83. The van der Waals surface area contributed by atoms with E-state index in [9.17, 15) is 9.59 Å². The molecule has 0 fully saturated rings. The van der Waals surface area contributed by atoms with Crippen LogP contribution < -0.4 is 9.47 Å². The van der Waals surface area contributed by atoms with Gasteiger partial charge in [-0.3, -0.25) is 9.59 Å². The van der Waals surface area contributed by atoms with Crippen LogP contribution in [0.3, 0.4) is 0 Å². The lowest BCUT2D eigenvalue weighted by Gasteiger charge is -2.36. The Bertz CT molecular complexity index is 1080. The highest BCUT2D eigenvalue weighted by Crippen LogP contribution is 2.41. The van der Waals surface area contributed by atoms with Gasteiger partial charge in [-0.2, -0.15) is 0 Å². The smallest absolute Gasteiger partial charge is 0.306 e.